The highest BCUT2D eigenvalue weighted by Gasteiger charge is 2.29. The number of aromatic nitrogens is 1. The van der Waals surface area contributed by atoms with Crippen LogP contribution in [0.2, 0.25) is 0 Å². The predicted octanol–water partition coefficient (Wildman–Crippen LogP) is 0.512. The van der Waals surface area contributed by atoms with Crippen LogP contribution in [0.5, 0.6) is 0 Å². The largest absolute Gasteiger partial charge is 0.391 e. The summed E-state index contributed by atoms with van der Waals surface area (Å²) < 4.78 is 0. The Bertz CT molecular complexity index is 1070. The van der Waals surface area contributed by atoms with E-state index in [0.29, 0.717) is 30.6 Å². The van der Waals surface area contributed by atoms with Gasteiger partial charge >= 0.3 is 0 Å². The second-order valence-electron chi connectivity index (χ2n) is 8.97. The van der Waals surface area contributed by atoms with E-state index in [4.69, 9.17) is 0 Å². The quantitative estimate of drug-likeness (QED) is 0.423. The summed E-state index contributed by atoms with van der Waals surface area (Å²) in [4.78, 5) is 55.6. The van der Waals surface area contributed by atoms with Crippen molar-refractivity contribution in [2.75, 3.05) is 19.6 Å². The first-order chi connectivity index (χ1) is 16.7. The molecular weight excluding hydrogens is 450 g/mol. The van der Waals surface area contributed by atoms with Gasteiger partial charge in [0.2, 0.25) is 11.8 Å². The minimum absolute atomic E-state index is 0.0530. The summed E-state index contributed by atoms with van der Waals surface area (Å²) in [5.41, 5.74) is 2.66. The number of H-pyrrole nitrogens is 1. The molecule has 2 bridgehead atoms. The Balaban J connectivity index is 1.87. The molecule has 3 atom stereocenters. The van der Waals surface area contributed by atoms with Gasteiger partial charge < -0.3 is 30.9 Å². The predicted molar refractivity (Wildman–Crippen MR) is 130 cm³/mol. The zero-order valence-electron chi connectivity index (χ0n) is 20.3. The molecule has 0 saturated heterocycles. The minimum Gasteiger partial charge on any atom is -0.391 e. The number of nitrogens with one attached hydrogen (secondary N) is 4. The maximum Gasteiger partial charge on any atom is 0.270 e. The van der Waals surface area contributed by atoms with Crippen molar-refractivity contribution in [3.63, 3.8) is 0 Å². The Morgan fingerprint density at radius 2 is 1.94 bits per heavy atom. The molecule has 0 aliphatic carbocycles. The molecule has 1 aromatic heterocycles. The molecule has 2 aromatic rings. The number of hydrogen-bond acceptors (Lipinski definition) is 5. The molecule has 0 radical (unpaired) electrons. The van der Waals surface area contributed by atoms with E-state index in [0.717, 1.165) is 11.1 Å². The SMILES string of the molecule is Cc1ccc2cc1CCCNC(=O)CN(C(=O)c1ccc[nH]1)C[C@@H](C)NC(=O)[C@H]([C@@H](C)O)NC2=O. The van der Waals surface area contributed by atoms with Crippen LogP contribution in [0.3, 0.4) is 0 Å². The normalized spacial score (nSPS) is 21.4. The lowest BCUT2D eigenvalue weighted by Gasteiger charge is -2.28. The lowest BCUT2D eigenvalue weighted by molar-refractivity contribution is -0.126. The highest BCUT2D eigenvalue weighted by molar-refractivity contribution is 5.98. The molecule has 188 valence electrons. The average molecular weight is 484 g/mol. The van der Waals surface area contributed by atoms with Gasteiger partial charge in [0, 0.05) is 30.9 Å². The van der Waals surface area contributed by atoms with Crippen LogP contribution < -0.4 is 16.0 Å². The Morgan fingerprint density at radius 1 is 1.17 bits per heavy atom. The molecule has 35 heavy (non-hydrogen) atoms. The van der Waals surface area contributed by atoms with E-state index < -0.39 is 30.0 Å². The summed E-state index contributed by atoms with van der Waals surface area (Å²) >= 11 is 0. The molecular formula is C25H33N5O5. The third kappa shape index (κ3) is 6.92. The fourth-order valence-corrected chi connectivity index (χ4v) is 4.01. The van der Waals surface area contributed by atoms with E-state index in [-0.39, 0.29) is 24.9 Å². The van der Waals surface area contributed by atoms with Crippen LogP contribution in [-0.2, 0) is 16.0 Å². The number of aryl methyl sites for hydroxylation is 2. The maximum absolute atomic E-state index is 13.0. The number of carbonyl (C=O) groups excluding carboxylic acids is 4. The van der Waals surface area contributed by atoms with E-state index in [1.54, 1.807) is 37.4 Å². The number of amides is 4. The number of aliphatic hydroxyl groups excluding tert-OH is 1. The highest BCUT2D eigenvalue weighted by atomic mass is 16.3. The molecule has 10 nitrogen and oxygen atoms in total. The standard InChI is InChI=1S/C25H33N5O5/c1-15-8-9-19-12-18(15)6-4-11-27-21(32)14-30(25(35)20-7-5-10-26-20)13-16(2)28-24(34)22(17(3)31)29-23(19)33/h5,7-10,12,16-17,22,26,31H,4,6,11,13-14H2,1-3H3,(H,27,32)(H,28,34)(H,29,33)/t16-,17-,22+/m1/s1. The van der Waals surface area contributed by atoms with Crippen molar-refractivity contribution in [2.24, 2.45) is 0 Å². The van der Waals surface area contributed by atoms with Gasteiger partial charge in [0.25, 0.3) is 11.8 Å². The van der Waals surface area contributed by atoms with E-state index in [1.165, 1.54) is 11.8 Å². The molecule has 1 aromatic carbocycles. The summed E-state index contributed by atoms with van der Waals surface area (Å²) in [6.45, 7) is 5.33. The van der Waals surface area contributed by atoms with Crippen LogP contribution in [-0.4, -0.2) is 76.4 Å². The molecule has 1 aliphatic rings. The molecule has 0 saturated carbocycles. The monoisotopic (exact) mass is 483 g/mol. The van der Waals surface area contributed by atoms with Crippen LogP contribution in [0.15, 0.2) is 36.5 Å². The third-order valence-corrected chi connectivity index (χ3v) is 5.94. The fraction of sp³-hybridized carbons (Fsp3) is 0.440. The van der Waals surface area contributed by atoms with Crippen molar-refractivity contribution in [3.05, 3.63) is 58.9 Å². The van der Waals surface area contributed by atoms with E-state index in [9.17, 15) is 24.3 Å². The summed E-state index contributed by atoms with van der Waals surface area (Å²) in [7, 11) is 0. The summed E-state index contributed by atoms with van der Waals surface area (Å²) in [5.74, 6) is -1.75. The number of hydrogen-bond donors (Lipinski definition) is 5. The van der Waals surface area contributed by atoms with Crippen molar-refractivity contribution in [2.45, 2.75) is 51.8 Å². The smallest absolute Gasteiger partial charge is 0.270 e. The molecule has 1 aliphatic heterocycles. The third-order valence-electron chi connectivity index (χ3n) is 5.94. The van der Waals surface area contributed by atoms with Crippen LogP contribution in [0.25, 0.3) is 0 Å². The van der Waals surface area contributed by atoms with Crippen molar-refractivity contribution >= 4 is 23.6 Å². The topological polar surface area (TPSA) is 144 Å². The van der Waals surface area contributed by atoms with Gasteiger partial charge in [-0.05, 0) is 69.0 Å². The van der Waals surface area contributed by atoms with E-state index in [2.05, 4.69) is 20.9 Å². The number of nitrogens with zero attached hydrogens (tertiary/aromatic N) is 1. The summed E-state index contributed by atoms with van der Waals surface area (Å²) in [5, 5.41) is 18.4. The zero-order valence-corrected chi connectivity index (χ0v) is 20.3. The maximum atomic E-state index is 13.0. The molecule has 4 amide bonds. The van der Waals surface area contributed by atoms with Crippen LogP contribution in [0.4, 0.5) is 0 Å². The first kappa shape index (κ1) is 26.0. The molecule has 10 heteroatoms. The van der Waals surface area contributed by atoms with Crippen molar-refractivity contribution in [1.82, 2.24) is 25.8 Å². The Morgan fingerprint density at radius 3 is 2.63 bits per heavy atom. The van der Waals surface area contributed by atoms with Gasteiger partial charge in [0.15, 0.2) is 0 Å². The number of fused-ring (bicyclic) bond motifs is 2. The second kappa shape index (κ2) is 11.7. The molecule has 0 unspecified atom stereocenters. The van der Waals surface area contributed by atoms with Gasteiger partial charge in [0.05, 0.1) is 12.6 Å². The summed E-state index contributed by atoms with van der Waals surface area (Å²) in [6.07, 6.45) is 1.75. The van der Waals surface area contributed by atoms with Gasteiger partial charge in [-0.3, -0.25) is 19.2 Å². The summed E-state index contributed by atoms with van der Waals surface area (Å²) in [6, 6.07) is 6.82. The van der Waals surface area contributed by atoms with Crippen LogP contribution in [0.1, 0.15) is 52.2 Å². The number of aromatic amines is 1. The van der Waals surface area contributed by atoms with Gasteiger partial charge in [-0.2, -0.15) is 0 Å². The van der Waals surface area contributed by atoms with Crippen molar-refractivity contribution in [3.8, 4) is 0 Å². The first-order valence-electron chi connectivity index (χ1n) is 11.7. The van der Waals surface area contributed by atoms with Crippen molar-refractivity contribution < 1.29 is 24.3 Å². The molecule has 3 rings (SSSR count). The molecule has 0 spiro atoms. The molecule has 0 fully saturated rings. The molecule has 5 N–H and O–H groups in total. The fourth-order valence-electron chi connectivity index (χ4n) is 4.01. The minimum atomic E-state index is -1.19. The number of benzene rings is 1. The lowest BCUT2D eigenvalue weighted by Crippen LogP contribution is -2.56. The second-order valence-corrected chi connectivity index (χ2v) is 8.97. The van der Waals surface area contributed by atoms with Crippen LogP contribution >= 0.6 is 0 Å². The van der Waals surface area contributed by atoms with E-state index >= 15 is 0 Å². The Kier molecular flexibility index (Phi) is 8.64. The van der Waals surface area contributed by atoms with Gasteiger partial charge in [-0.15, -0.1) is 0 Å². The number of aliphatic hydroxyl groups is 1. The lowest BCUT2D eigenvalue weighted by atomic mass is 10.00. The van der Waals surface area contributed by atoms with Gasteiger partial charge in [-0.25, -0.2) is 0 Å². The first-order valence-corrected chi connectivity index (χ1v) is 11.7. The van der Waals surface area contributed by atoms with Gasteiger partial charge in [0.1, 0.15) is 11.7 Å². The molecule has 2 heterocycles. The van der Waals surface area contributed by atoms with Crippen molar-refractivity contribution in [1.29, 1.82) is 0 Å². The van der Waals surface area contributed by atoms with Crippen LogP contribution in [0, 0.1) is 6.92 Å². The number of carbonyl (C=O) groups is 4. The Labute approximate surface area is 204 Å². The zero-order chi connectivity index (χ0) is 25.5. The Hall–Kier alpha value is -3.66. The average Bonchev–Trinajstić information content (AvgIpc) is 3.34. The highest BCUT2D eigenvalue weighted by Crippen LogP contribution is 2.14. The van der Waals surface area contributed by atoms with Gasteiger partial charge in [-0.1, -0.05) is 6.07 Å². The van der Waals surface area contributed by atoms with E-state index in [1.807, 2.05) is 13.0 Å². The number of rotatable bonds is 2.